The lowest BCUT2D eigenvalue weighted by Crippen LogP contribution is -2.34. The van der Waals surface area contributed by atoms with Gasteiger partial charge in [-0.1, -0.05) is 12.1 Å². The van der Waals surface area contributed by atoms with Crippen molar-refractivity contribution in [2.24, 2.45) is 0 Å². The van der Waals surface area contributed by atoms with Gasteiger partial charge in [-0.05, 0) is 30.9 Å². The van der Waals surface area contributed by atoms with Crippen LogP contribution in [0.3, 0.4) is 0 Å². The smallest absolute Gasteiger partial charge is 0.208 e. The number of benzene rings is 1. The highest BCUT2D eigenvalue weighted by Gasteiger charge is 2.16. The maximum Gasteiger partial charge on any atom is 0.240 e. The van der Waals surface area contributed by atoms with E-state index >= 15 is 0 Å². The molecule has 1 N–H and O–H groups in total. The van der Waals surface area contributed by atoms with Crippen molar-refractivity contribution >= 4 is 21.8 Å². The van der Waals surface area contributed by atoms with Crippen LogP contribution in [0.25, 0.3) is 0 Å². The van der Waals surface area contributed by atoms with Gasteiger partial charge in [0.1, 0.15) is 0 Å². The van der Waals surface area contributed by atoms with Gasteiger partial charge >= 0.3 is 0 Å². The number of nitriles is 1. The second kappa shape index (κ2) is 6.78. The third kappa shape index (κ3) is 4.33. The van der Waals surface area contributed by atoms with Crippen molar-refractivity contribution in [3.05, 3.63) is 29.8 Å². The Labute approximate surface area is 112 Å². The molecule has 1 atom stereocenters. The van der Waals surface area contributed by atoms with Gasteiger partial charge in [0.2, 0.25) is 10.0 Å². The number of nitrogens with one attached hydrogen (secondary N) is 1. The summed E-state index contributed by atoms with van der Waals surface area (Å²) in [6.07, 6.45) is 2.22. The van der Waals surface area contributed by atoms with E-state index in [1.54, 1.807) is 23.9 Å². The van der Waals surface area contributed by atoms with E-state index in [1.807, 2.05) is 19.2 Å². The summed E-state index contributed by atoms with van der Waals surface area (Å²) in [5.41, 5.74) is 0.814. The fraction of sp³-hybridized carbons (Fsp3) is 0.417. The minimum absolute atomic E-state index is 0.108. The highest BCUT2D eigenvalue weighted by Crippen LogP contribution is 2.12. The number of thioether (sulfide) groups is 1. The lowest BCUT2D eigenvalue weighted by atomic mass is 10.2. The van der Waals surface area contributed by atoms with Crippen LogP contribution >= 0.6 is 11.8 Å². The fourth-order valence-corrected chi connectivity index (χ4v) is 3.43. The molecule has 0 saturated heterocycles. The molecular weight excluding hydrogens is 268 g/mol. The Bertz CT molecular complexity index is 518. The molecule has 98 valence electrons. The molecular formula is C12H16N2O2S2. The number of nitrogens with zero attached hydrogens (tertiary/aromatic N) is 1. The molecule has 0 bridgehead atoms. The monoisotopic (exact) mass is 284 g/mol. The summed E-state index contributed by atoms with van der Waals surface area (Å²) in [6, 6.07) is 8.30. The normalized spacial score (nSPS) is 12.9. The summed E-state index contributed by atoms with van der Waals surface area (Å²) in [4.78, 5) is 0.233. The third-order valence-corrected chi connectivity index (χ3v) is 4.73. The van der Waals surface area contributed by atoms with Crippen LogP contribution in [0, 0.1) is 11.3 Å². The van der Waals surface area contributed by atoms with E-state index in [0.29, 0.717) is 0 Å². The van der Waals surface area contributed by atoms with Gasteiger partial charge in [0, 0.05) is 11.8 Å². The highest BCUT2D eigenvalue weighted by molar-refractivity contribution is 7.98. The van der Waals surface area contributed by atoms with Crippen molar-refractivity contribution < 1.29 is 8.42 Å². The molecule has 6 heteroatoms. The second-order valence-electron chi connectivity index (χ2n) is 3.96. The minimum Gasteiger partial charge on any atom is -0.208 e. The number of hydrogen-bond acceptors (Lipinski definition) is 4. The quantitative estimate of drug-likeness (QED) is 0.864. The molecule has 0 aromatic heterocycles. The van der Waals surface area contributed by atoms with Crippen LogP contribution < -0.4 is 4.72 Å². The maximum absolute atomic E-state index is 12.0. The summed E-state index contributed by atoms with van der Waals surface area (Å²) in [5, 5.41) is 8.54. The van der Waals surface area contributed by atoms with Crippen LogP contribution in [0.1, 0.15) is 12.5 Å². The first-order valence-corrected chi connectivity index (χ1v) is 8.34. The van der Waals surface area contributed by atoms with Gasteiger partial charge in [-0.3, -0.25) is 0 Å². The first kappa shape index (κ1) is 15.0. The molecule has 0 fully saturated rings. The summed E-state index contributed by atoms with van der Waals surface area (Å²) >= 11 is 1.59. The molecule has 0 aliphatic rings. The Balaban J connectivity index is 2.82. The Kier molecular flexibility index (Phi) is 5.66. The van der Waals surface area contributed by atoms with Crippen molar-refractivity contribution in [1.29, 1.82) is 5.26 Å². The van der Waals surface area contributed by atoms with Crippen molar-refractivity contribution in [2.45, 2.75) is 24.3 Å². The van der Waals surface area contributed by atoms with E-state index in [2.05, 4.69) is 4.72 Å². The predicted octanol–water partition coefficient (Wildman–Crippen LogP) is 1.78. The van der Waals surface area contributed by atoms with Crippen molar-refractivity contribution in [3.63, 3.8) is 0 Å². The minimum atomic E-state index is -3.46. The first-order chi connectivity index (χ1) is 8.49. The van der Waals surface area contributed by atoms with Gasteiger partial charge in [-0.15, -0.1) is 0 Å². The van der Waals surface area contributed by atoms with E-state index in [1.165, 1.54) is 12.1 Å². The summed E-state index contributed by atoms with van der Waals surface area (Å²) < 4.78 is 26.6. The Morgan fingerprint density at radius 2 is 2.00 bits per heavy atom. The SMILES string of the molecule is CSCC(C)NS(=O)(=O)c1ccc(CC#N)cc1. The van der Waals surface area contributed by atoms with Crippen molar-refractivity contribution in [2.75, 3.05) is 12.0 Å². The lowest BCUT2D eigenvalue weighted by molar-refractivity contribution is 0.571. The van der Waals surface area contributed by atoms with Gasteiger partial charge < -0.3 is 0 Å². The topological polar surface area (TPSA) is 70.0 Å². The molecule has 1 aromatic rings. The molecule has 0 amide bonds. The maximum atomic E-state index is 12.0. The Hall–Kier alpha value is -1.03. The van der Waals surface area contributed by atoms with E-state index in [-0.39, 0.29) is 17.4 Å². The second-order valence-corrected chi connectivity index (χ2v) is 6.58. The molecule has 0 spiro atoms. The molecule has 1 rings (SSSR count). The fourth-order valence-electron chi connectivity index (χ4n) is 1.49. The zero-order valence-corrected chi connectivity index (χ0v) is 12.0. The average molecular weight is 284 g/mol. The van der Waals surface area contributed by atoms with E-state index < -0.39 is 10.0 Å². The molecule has 1 unspecified atom stereocenters. The number of sulfonamides is 1. The third-order valence-electron chi connectivity index (χ3n) is 2.29. The van der Waals surface area contributed by atoms with Crippen LogP contribution in [0.4, 0.5) is 0 Å². The first-order valence-electron chi connectivity index (χ1n) is 5.46. The van der Waals surface area contributed by atoms with E-state index in [4.69, 9.17) is 5.26 Å². The lowest BCUT2D eigenvalue weighted by Gasteiger charge is -2.13. The predicted molar refractivity (Wildman–Crippen MR) is 73.9 cm³/mol. The number of rotatable bonds is 6. The summed E-state index contributed by atoms with van der Waals surface area (Å²) in [6.45, 7) is 1.83. The van der Waals surface area contributed by atoms with Gasteiger partial charge in [0.15, 0.2) is 0 Å². The summed E-state index contributed by atoms with van der Waals surface area (Å²) in [7, 11) is -3.46. The van der Waals surface area contributed by atoms with Crippen LogP contribution in [0.2, 0.25) is 0 Å². The largest absolute Gasteiger partial charge is 0.240 e. The molecule has 0 heterocycles. The van der Waals surface area contributed by atoms with Crippen LogP contribution in [0.15, 0.2) is 29.2 Å². The van der Waals surface area contributed by atoms with Crippen molar-refractivity contribution in [3.8, 4) is 6.07 Å². The molecule has 1 aromatic carbocycles. The highest BCUT2D eigenvalue weighted by atomic mass is 32.2. The van der Waals surface area contributed by atoms with Gasteiger partial charge in [-0.25, -0.2) is 13.1 Å². The van der Waals surface area contributed by atoms with Gasteiger partial charge in [-0.2, -0.15) is 17.0 Å². The zero-order valence-electron chi connectivity index (χ0n) is 10.4. The Morgan fingerprint density at radius 1 is 1.39 bits per heavy atom. The Morgan fingerprint density at radius 3 is 2.50 bits per heavy atom. The molecule has 0 radical (unpaired) electrons. The van der Waals surface area contributed by atoms with Gasteiger partial charge in [0.05, 0.1) is 17.4 Å². The molecule has 4 nitrogen and oxygen atoms in total. The van der Waals surface area contributed by atoms with Crippen LogP contribution in [-0.2, 0) is 16.4 Å². The standard InChI is InChI=1S/C12H16N2O2S2/c1-10(9-17-2)14-18(15,16)12-5-3-11(4-6-12)7-8-13/h3-6,10,14H,7,9H2,1-2H3. The number of hydrogen-bond donors (Lipinski definition) is 1. The average Bonchev–Trinajstić information content (AvgIpc) is 2.29. The summed E-state index contributed by atoms with van der Waals surface area (Å²) in [5.74, 6) is 0.728. The molecule has 0 aliphatic carbocycles. The van der Waals surface area contributed by atoms with Crippen molar-refractivity contribution in [1.82, 2.24) is 4.72 Å². The van der Waals surface area contributed by atoms with E-state index in [0.717, 1.165) is 11.3 Å². The zero-order chi connectivity index (χ0) is 13.6. The van der Waals surface area contributed by atoms with Crippen LogP contribution in [-0.4, -0.2) is 26.5 Å². The van der Waals surface area contributed by atoms with E-state index in [9.17, 15) is 8.42 Å². The molecule has 18 heavy (non-hydrogen) atoms. The molecule has 0 aliphatic heterocycles. The molecule has 0 saturated carbocycles. The van der Waals surface area contributed by atoms with Gasteiger partial charge in [0.25, 0.3) is 0 Å². The van der Waals surface area contributed by atoms with Crippen LogP contribution in [0.5, 0.6) is 0 Å².